The van der Waals surface area contributed by atoms with E-state index in [1.807, 2.05) is 0 Å². The second kappa shape index (κ2) is 5.02. The third-order valence-electron chi connectivity index (χ3n) is 3.54. The Morgan fingerprint density at radius 1 is 1.08 bits per heavy atom. The minimum absolute atomic E-state index is 0.891. The molecule has 0 aliphatic heterocycles. The summed E-state index contributed by atoms with van der Waals surface area (Å²) < 4.78 is 0. The van der Waals surface area contributed by atoms with E-state index in [-0.39, 0.29) is 0 Å². The van der Waals surface area contributed by atoms with Crippen LogP contribution in [0.25, 0.3) is 0 Å². The zero-order valence-electron chi connectivity index (χ0n) is 9.84. The summed E-state index contributed by atoms with van der Waals surface area (Å²) in [6.45, 7) is 9.48. The van der Waals surface area contributed by atoms with E-state index in [9.17, 15) is 0 Å². The van der Waals surface area contributed by atoms with Crippen molar-refractivity contribution in [3.8, 4) is 0 Å². The molecule has 3 unspecified atom stereocenters. The van der Waals surface area contributed by atoms with Gasteiger partial charge in [0.05, 0.1) is 0 Å². The van der Waals surface area contributed by atoms with Crippen molar-refractivity contribution < 1.29 is 0 Å². The molecule has 0 aromatic rings. The molecule has 13 heavy (non-hydrogen) atoms. The van der Waals surface area contributed by atoms with E-state index in [1.54, 1.807) is 0 Å². The topological polar surface area (TPSA) is 0 Å². The maximum Gasteiger partial charge on any atom is -0.0386 e. The third-order valence-corrected chi connectivity index (χ3v) is 3.54. The average Bonchev–Trinajstić information content (AvgIpc) is 2.75. The minimum Gasteiger partial charge on any atom is -0.0628 e. The molecule has 0 amide bonds. The predicted octanol–water partition coefficient (Wildman–Crippen LogP) is 4.49. The number of hydrogen-bond donors (Lipinski definition) is 0. The first-order valence-corrected chi connectivity index (χ1v) is 6.09. The fourth-order valence-corrected chi connectivity index (χ4v) is 2.06. The van der Waals surface area contributed by atoms with Gasteiger partial charge in [-0.25, -0.2) is 0 Å². The van der Waals surface area contributed by atoms with E-state index in [1.165, 1.54) is 32.1 Å². The maximum atomic E-state index is 2.43. The highest BCUT2D eigenvalue weighted by atomic mass is 14.4. The average molecular weight is 182 g/mol. The van der Waals surface area contributed by atoms with E-state index in [2.05, 4.69) is 27.7 Å². The molecular formula is C13H26. The molecule has 1 saturated carbocycles. The molecule has 78 valence electrons. The van der Waals surface area contributed by atoms with Crippen molar-refractivity contribution in [1.82, 2.24) is 0 Å². The molecule has 0 nitrogen and oxygen atoms in total. The maximum absolute atomic E-state index is 2.43. The Kier molecular flexibility index (Phi) is 4.28. The van der Waals surface area contributed by atoms with E-state index in [0.717, 1.165) is 23.7 Å². The number of hydrogen-bond acceptors (Lipinski definition) is 0. The van der Waals surface area contributed by atoms with Crippen molar-refractivity contribution in [2.45, 2.75) is 59.8 Å². The molecule has 1 aliphatic rings. The van der Waals surface area contributed by atoms with Gasteiger partial charge in [0.2, 0.25) is 0 Å². The highest BCUT2D eigenvalue weighted by Crippen LogP contribution is 2.42. The second-order valence-electron chi connectivity index (χ2n) is 5.63. The Labute approximate surface area is 84.1 Å². The molecule has 0 bridgehead atoms. The summed E-state index contributed by atoms with van der Waals surface area (Å²) >= 11 is 0. The van der Waals surface area contributed by atoms with Gasteiger partial charge in [-0.1, -0.05) is 47.0 Å². The lowest BCUT2D eigenvalue weighted by Crippen LogP contribution is -1.98. The molecule has 0 saturated heterocycles. The Morgan fingerprint density at radius 2 is 1.69 bits per heavy atom. The van der Waals surface area contributed by atoms with Gasteiger partial charge < -0.3 is 0 Å². The van der Waals surface area contributed by atoms with E-state index < -0.39 is 0 Å². The molecule has 0 aromatic heterocycles. The highest BCUT2D eigenvalue weighted by Gasteiger charge is 2.31. The van der Waals surface area contributed by atoms with E-state index in [4.69, 9.17) is 0 Å². The Morgan fingerprint density at radius 3 is 2.15 bits per heavy atom. The predicted molar refractivity (Wildman–Crippen MR) is 59.7 cm³/mol. The van der Waals surface area contributed by atoms with Gasteiger partial charge in [0.25, 0.3) is 0 Å². The fourth-order valence-electron chi connectivity index (χ4n) is 2.06. The normalized spacial score (nSPS) is 29.3. The van der Waals surface area contributed by atoms with Crippen molar-refractivity contribution in [3.63, 3.8) is 0 Å². The Balaban J connectivity index is 1.94. The van der Waals surface area contributed by atoms with Gasteiger partial charge in [-0.05, 0) is 36.5 Å². The molecule has 0 heteroatoms. The molecule has 1 aliphatic carbocycles. The molecule has 0 aromatic carbocycles. The van der Waals surface area contributed by atoms with Crippen LogP contribution < -0.4 is 0 Å². The first-order valence-electron chi connectivity index (χ1n) is 6.09. The van der Waals surface area contributed by atoms with Crippen molar-refractivity contribution in [1.29, 1.82) is 0 Å². The molecule has 1 rings (SSSR count). The standard InChI is InChI=1S/C13H26/c1-10(2)5-6-11(3)7-8-13-9-12(13)4/h10-13H,5-9H2,1-4H3. The van der Waals surface area contributed by atoms with E-state index >= 15 is 0 Å². The molecule has 0 spiro atoms. The van der Waals surface area contributed by atoms with Crippen LogP contribution >= 0.6 is 0 Å². The van der Waals surface area contributed by atoms with Crippen LogP contribution in [0.15, 0.2) is 0 Å². The van der Waals surface area contributed by atoms with Crippen LogP contribution in [-0.4, -0.2) is 0 Å². The smallest absolute Gasteiger partial charge is 0.0386 e. The van der Waals surface area contributed by atoms with Crippen molar-refractivity contribution in [2.24, 2.45) is 23.7 Å². The summed E-state index contributed by atoms with van der Waals surface area (Å²) in [5.74, 6) is 4.01. The molecule has 0 N–H and O–H groups in total. The van der Waals surface area contributed by atoms with Crippen LogP contribution in [0.5, 0.6) is 0 Å². The Hall–Kier alpha value is 0. The third kappa shape index (κ3) is 4.69. The summed E-state index contributed by atoms with van der Waals surface area (Å²) in [6.07, 6.45) is 7.35. The molecule has 0 radical (unpaired) electrons. The molecule has 0 heterocycles. The summed E-state index contributed by atoms with van der Waals surface area (Å²) in [6, 6.07) is 0. The Bertz CT molecular complexity index is 137. The first-order chi connectivity index (χ1) is 6.09. The lowest BCUT2D eigenvalue weighted by molar-refractivity contribution is 0.407. The summed E-state index contributed by atoms with van der Waals surface area (Å²) in [4.78, 5) is 0. The van der Waals surface area contributed by atoms with Crippen LogP contribution in [0.3, 0.4) is 0 Å². The summed E-state index contributed by atoms with van der Waals surface area (Å²) in [5, 5.41) is 0. The van der Waals surface area contributed by atoms with Crippen molar-refractivity contribution in [3.05, 3.63) is 0 Å². The number of rotatable bonds is 6. The van der Waals surface area contributed by atoms with Gasteiger partial charge in [-0.15, -0.1) is 0 Å². The van der Waals surface area contributed by atoms with Crippen LogP contribution in [-0.2, 0) is 0 Å². The lowest BCUT2D eigenvalue weighted by atomic mass is 9.94. The van der Waals surface area contributed by atoms with Crippen LogP contribution in [0.2, 0.25) is 0 Å². The monoisotopic (exact) mass is 182 g/mol. The van der Waals surface area contributed by atoms with E-state index in [0.29, 0.717) is 0 Å². The SMILES string of the molecule is CC(C)CCC(C)CCC1CC1C. The highest BCUT2D eigenvalue weighted by molar-refractivity contribution is 4.82. The molecular weight excluding hydrogens is 156 g/mol. The van der Waals surface area contributed by atoms with Crippen LogP contribution in [0.4, 0.5) is 0 Å². The minimum atomic E-state index is 0.891. The van der Waals surface area contributed by atoms with Crippen LogP contribution in [0.1, 0.15) is 59.8 Å². The first kappa shape index (κ1) is 11.1. The fraction of sp³-hybridized carbons (Fsp3) is 1.00. The van der Waals surface area contributed by atoms with Gasteiger partial charge >= 0.3 is 0 Å². The zero-order valence-corrected chi connectivity index (χ0v) is 9.84. The van der Waals surface area contributed by atoms with Gasteiger partial charge in [-0.3, -0.25) is 0 Å². The van der Waals surface area contributed by atoms with Crippen LogP contribution in [0, 0.1) is 23.7 Å². The second-order valence-corrected chi connectivity index (χ2v) is 5.63. The van der Waals surface area contributed by atoms with Crippen molar-refractivity contribution in [2.75, 3.05) is 0 Å². The molecule has 3 atom stereocenters. The van der Waals surface area contributed by atoms with Gasteiger partial charge in [0.15, 0.2) is 0 Å². The summed E-state index contributed by atoms with van der Waals surface area (Å²) in [7, 11) is 0. The molecule has 1 fully saturated rings. The zero-order chi connectivity index (χ0) is 9.84. The quantitative estimate of drug-likeness (QED) is 0.567. The summed E-state index contributed by atoms with van der Waals surface area (Å²) in [5.41, 5.74) is 0. The largest absolute Gasteiger partial charge is 0.0628 e. The van der Waals surface area contributed by atoms with Gasteiger partial charge in [0, 0.05) is 0 Å². The lowest BCUT2D eigenvalue weighted by Gasteiger charge is -2.12. The van der Waals surface area contributed by atoms with Gasteiger partial charge in [-0.2, -0.15) is 0 Å². The van der Waals surface area contributed by atoms with Gasteiger partial charge in [0.1, 0.15) is 0 Å². The van der Waals surface area contributed by atoms with Crippen molar-refractivity contribution >= 4 is 0 Å².